The molecular formula is C23H23BrN2O6. The zero-order chi connectivity index (χ0) is 23.3. The number of urea groups is 1. The molecule has 1 saturated heterocycles. The van der Waals surface area contributed by atoms with Crippen molar-refractivity contribution in [3.63, 3.8) is 0 Å². The molecule has 9 heteroatoms. The molecule has 0 bridgehead atoms. The number of carbonyl (C=O) groups excluding carboxylic acids is 3. The van der Waals surface area contributed by atoms with E-state index in [2.05, 4.69) is 21.2 Å². The second-order valence-electron chi connectivity index (χ2n) is 6.58. The fraction of sp³-hybridized carbons (Fsp3) is 0.261. The lowest BCUT2D eigenvalue weighted by molar-refractivity contribution is -0.122. The van der Waals surface area contributed by atoms with Crippen molar-refractivity contribution in [2.75, 3.05) is 24.7 Å². The minimum Gasteiger partial charge on any atom is -0.494 e. The standard InChI is InChI=1S/C23H23BrN2O6/c1-4-30-16-9-7-15(8-10-16)26-22(28)17(21(27)25-23(26)29)11-14-12-18(24)20(32-6-3)19(13-14)31-5-2/h7-13H,4-6H2,1-3H3,(H,25,27,29)/b17-11-. The van der Waals surface area contributed by atoms with Crippen molar-refractivity contribution in [3.05, 3.63) is 52.0 Å². The fourth-order valence-electron chi connectivity index (χ4n) is 3.14. The van der Waals surface area contributed by atoms with Crippen LogP contribution >= 0.6 is 15.9 Å². The highest BCUT2D eigenvalue weighted by Crippen LogP contribution is 2.38. The van der Waals surface area contributed by atoms with Gasteiger partial charge in [0.25, 0.3) is 11.8 Å². The Morgan fingerprint density at radius 2 is 1.59 bits per heavy atom. The van der Waals surface area contributed by atoms with E-state index in [0.717, 1.165) is 4.90 Å². The number of amides is 4. The highest BCUT2D eigenvalue weighted by molar-refractivity contribution is 9.10. The number of ether oxygens (including phenoxy) is 3. The SMILES string of the molecule is CCOc1ccc(N2C(=O)NC(=O)/C(=C/c3cc(Br)c(OCC)c(OCC)c3)C2=O)cc1. The number of barbiturate groups is 1. The molecule has 0 aliphatic carbocycles. The number of hydrogen-bond acceptors (Lipinski definition) is 6. The van der Waals surface area contributed by atoms with E-state index in [9.17, 15) is 14.4 Å². The van der Waals surface area contributed by atoms with Crippen LogP contribution in [0.1, 0.15) is 26.3 Å². The zero-order valence-electron chi connectivity index (χ0n) is 17.9. The smallest absolute Gasteiger partial charge is 0.335 e. The number of nitrogens with zero attached hydrogens (tertiary/aromatic N) is 1. The number of anilines is 1. The molecular weight excluding hydrogens is 480 g/mol. The Morgan fingerprint density at radius 1 is 0.938 bits per heavy atom. The number of nitrogens with one attached hydrogen (secondary N) is 1. The van der Waals surface area contributed by atoms with Crippen LogP contribution in [0.4, 0.5) is 10.5 Å². The molecule has 0 unspecified atom stereocenters. The Hall–Kier alpha value is -3.33. The van der Waals surface area contributed by atoms with Gasteiger partial charge in [-0.25, -0.2) is 9.69 Å². The highest BCUT2D eigenvalue weighted by atomic mass is 79.9. The second kappa shape index (κ2) is 10.3. The van der Waals surface area contributed by atoms with Gasteiger partial charge in [0.2, 0.25) is 0 Å². The van der Waals surface area contributed by atoms with E-state index in [1.54, 1.807) is 36.4 Å². The lowest BCUT2D eigenvalue weighted by atomic mass is 10.1. The summed E-state index contributed by atoms with van der Waals surface area (Å²) in [5, 5.41) is 2.21. The Kier molecular flexibility index (Phi) is 7.53. The Balaban J connectivity index is 1.98. The largest absolute Gasteiger partial charge is 0.494 e. The zero-order valence-corrected chi connectivity index (χ0v) is 19.5. The predicted molar refractivity (Wildman–Crippen MR) is 123 cm³/mol. The molecule has 4 amide bonds. The molecule has 1 fully saturated rings. The first-order valence-corrected chi connectivity index (χ1v) is 10.9. The van der Waals surface area contributed by atoms with Gasteiger partial charge in [0, 0.05) is 0 Å². The van der Waals surface area contributed by atoms with Gasteiger partial charge >= 0.3 is 6.03 Å². The summed E-state index contributed by atoms with van der Waals surface area (Å²) < 4.78 is 17.3. The average molecular weight is 503 g/mol. The van der Waals surface area contributed by atoms with Crippen LogP contribution in [-0.2, 0) is 9.59 Å². The number of carbonyl (C=O) groups is 3. The van der Waals surface area contributed by atoms with E-state index in [4.69, 9.17) is 14.2 Å². The van der Waals surface area contributed by atoms with Crippen molar-refractivity contribution in [3.8, 4) is 17.2 Å². The lowest BCUT2D eigenvalue weighted by Gasteiger charge is -2.26. The summed E-state index contributed by atoms with van der Waals surface area (Å²) in [4.78, 5) is 38.9. The Bertz CT molecular complexity index is 1060. The maximum absolute atomic E-state index is 13.1. The monoisotopic (exact) mass is 502 g/mol. The van der Waals surface area contributed by atoms with E-state index in [1.807, 2.05) is 20.8 Å². The van der Waals surface area contributed by atoms with Crippen LogP contribution in [0.3, 0.4) is 0 Å². The van der Waals surface area contributed by atoms with Crippen molar-refractivity contribution < 1.29 is 28.6 Å². The number of rotatable bonds is 8. The van der Waals surface area contributed by atoms with E-state index < -0.39 is 17.8 Å². The Morgan fingerprint density at radius 3 is 2.22 bits per heavy atom. The summed E-state index contributed by atoms with van der Waals surface area (Å²) in [6.45, 7) is 6.90. The molecule has 0 radical (unpaired) electrons. The van der Waals surface area contributed by atoms with Crippen LogP contribution in [0.15, 0.2) is 46.4 Å². The topological polar surface area (TPSA) is 94.2 Å². The average Bonchev–Trinajstić information content (AvgIpc) is 2.75. The molecule has 3 rings (SSSR count). The van der Waals surface area contributed by atoms with E-state index in [1.165, 1.54) is 6.08 Å². The van der Waals surface area contributed by atoms with E-state index in [0.29, 0.717) is 52.8 Å². The number of hydrogen-bond donors (Lipinski definition) is 1. The third-order valence-corrected chi connectivity index (χ3v) is 5.03. The van der Waals surface area contributed by atoms with Crippen LogP contribution in [0, 0.1) is 0 Å². The van der Waals surface area contributed by atoms with Gasteiger partial charge in [0.15, 0.2) is 11.5 Å². The van der Waals surface area contributed by atoms with Crippen molar-refractivity contribution in [2.24, 2.45) is 0 Å². The first-order chi connectivity index (χ1) is 15.4. The van der Waals surface area contributed by atoms with Crippen molar-refractivity contribution in [2.45, 2.75) is 20.8 Å². The van der Waals surface area contributed by atoms with Gasteiger partial charge in [0.1, 0.15) is 11.3 Å². The van der Waals surface area contributed by atoms with Gasteiger partial charge in [-0.1, -0.05) is 0 Å². The van der Waals surface area contributed by atoms with Crippen molar-refractivity contribution in [1.29, 1.82) is 0 Å². The fourth-order valence-corrected chi connectivity index (χ4v) is 3.71. The third-order valence-electron chi connectivity index (χ3n) is 4.44. The van der Waals surface area contributed by atoms with Crippen LogP contribution in [0.2, 0.25) is 0 Å². The molecule has 1 aliphatic heterocycles. The number of halogens is 1. The normalized spacial score (nSPS) is 15.1. The van der Waals surface area contributed by atoms with Crippen LogP contribution in [0.25, 0.3) is 6.08 Å². The quantitative estimate of drug-likeness (QED) is 0.426. The van der Waals surface area contributed by atoms with Crippen LogP contribution in [0.5, 0.6) is 17.2 Å². The van der Waals surface area contributed by atoms with Gasteiger partial charge in [-0.2, -0.15) is 0 Å². The van der Waals surface area contributed by atoms with Crippen LogP contribution in [-0.4, -0.2) is 37.7 Å². The molecule has 32 heavy (non-hydrogen) atoms. The summed E-state index contributed by atoms with van der Waals surface area (Å²) in [7, 11) is 0. The molecule has 0 saturated carbocycles. The summed E-state index contributed by atoms with van der Waals surface area (Å²) in [5.74, 6) is 0.104. The summed E-state index contributed by atoms with van der Waals surface area (Å²) in [6, 6.07) is 9.02. The number of imide groups is 2. The first-order valence-electron chi connectivity index (χ1n) is 10.1. The van der Waals surface area contributed by atoms with Gasteiger partial charge in [0.05, 0.1) is 30.0 Å². The first kappa shape index (κ1) is 23.3. The minimum absolute atomic E-state index is 0.183. The van der Waals surface area contributed by atoms with Crippen molar-refractivity contribution in [1.82, 2.24) is 5.32 Å². The summed E-state index contributed by atoms with van der Waals surface area (Å²) >= 11 is 3.45. The highest BCUT2D eigenvalue weighted by Gasteiger charge is 2.36. The second-order valence-corrected chi connectivity index (χ2v) is 7.44. The number of benzene rings is 2. The molecule has 168 valence electrons. The molecule has 2 aromatic carbocycles. The van der Waals surface area contributed by atoms with E-state index in [-0.39, 0.29) is 5.57 Å². The molecule has 1 N–H and O–H groups in total. The van der Waals surface area contributed by atoms with Gasteiger partial charge in [-0.3, -0.25) is 14.9 Å². The van der Waals surface area contributed by atoms with E-state index >= 15 is 0 Å². The molecule has 0 spiro atoms. The van der Waals surface area contributed by atoms with Gasteiger partial charge < -0.3 is 14.2 Å². The molecule has 8 nitrogen and oxygen atoms in total. The third kappa shape index (κ3) is 4.94. The maximum Gasteiger partial charge on any atom is 0.335 e. The molecule has 1 aliphatic rings. The summed E-state index contributed by atoms with van der Waals surface area (Å²) in [5.41, 5.74) is 0.664. The van der Waals surface area contributed by atoms with Crippen molar-refractivity contribution >= 4 is 45.5 Å². The van der Waals surface area contributed by atoms with Crippen LogP contribution < -0.4 is 24.4 Å². The van der Waals surface area contributed by atoms with Gasteiger partial charge in [-0.05, 0) is 84.7 Å². The predicted octanol–water partition coefficient (Wildman–Crippen LogP) is 4.31. The van der Waals surface area contributed by atoms with Gasteiger partial charge in [-0.15, -0.1) is 0 Å². The summed E-state index contributed by atoms with van der Waals surface area (Å²) in [6.07, 6.45) is 1.41. The minimum atomic E-state index is -0.816. The molecule has 0 atom stereocenters. The maximum atomic E-state index is 13.1. The molecule has 0 aromatic heterocycles. The lowest BCUT2D eigenvalue weighted by Crippen LogP contribution is -2.54. The Labute approximate surface area is 194 Å². The molecule has 2 aromatic rings. The molecule has 1 heterocycles.